The van der Waals surface area contributed by atoms with Gasteiger partial charge >= 0.3 is 21.7 Å². The quantitative estimate of drug-likeness (QED) is 0.164. The molecule has 0 heterocycles. The number of hydrogen-bond donors (Lipinski definition) is 0. The van der Waals surface area contributed by atoms with Crippen LogP contribution in [0.15, 0.2) is 42.5 Å². The fourth-order valence-corrected chi connectivity index (χ4v) is 6.33. The van der Waals surface area contributed by atoms with Gasteiger partial charge in [-0.1, -0.05) is 88.9 Å². The minimum Gasteiger partial charge on any atom is -1.00 e. The zero-order chi connectivity index (χ0) is 18.8. The third kappa shape index (κ3) is 11.3. The minimum absolute atomic E-state index is 0. The monoisotopic (exact) mass is 520 g/mol. The van der Waals surface area contributed by atoms with Crippen molar-refractivity contribution in [3.63, 3.8) is 0 Å². The average Bonchev–Trinajstić information content (AvgIpc) is 3.18. The molecule has 0 unspecified atom stereocenters. The van der Waals surface area contributed by atoms with Gasteiger partial charge in [0.25, 0.3) is 0 Å². The van der Waals surface area contributed by atoms with Crippen LogP contribution in [0.4, 0.5) is 0 Å². The Balaban J connectivity index is -0.00000182. The second-order valence-electron chi connectivity index (χ2n) is 8.46. The topological polar surface area (TPSA) is 0 Å². The molecule has 0 nitrogen and oxygen atoms in total. The molecule has 2 aromatic carbocycles. The van der Waals surface area contributed by atoms with Crippen molar-refractivity contribution in [2.45, 2.75) is 91.1 Å². The molecule has 168 valence electrons. The van der Waals surface area contributed by atoms with Crippen molar-refractivity contribution in [1.82, 2.24) is 0 Å². The molecule has 0 aliphatic heterocycles. The zero-order valence-corrected chi connectivity index (χ0v) is 24.1. The molecule has 2 aromatic rings. The molecule has 0 aromatic heterocycles. The predicted octanol–water partition coefficient (Wildman–Crippen LogP) is -2.52. The summed E-state index contributed by atoms with van der Waals surface area (Å²) in [7, 11) is -1.57. The number of aryl methyl sites for hydroxylation is 2. The third-order valence-corrected chi connectivity index (χ3v) is 9.31. The van der Waals surface area contributed by atoms with E-state index >= 15 is 0 Å². The summed E-state index contributed by atoms with van der Waals surface area (Å²) >= 11 is 0. The van der Waals surface area contributed by atoms with Crippen molar-refractivity contribution in [2.24, 2.45) is 0 Å². The van der Waals surface area contributed by atoms with Gasteiger partial charge < -0.3 is 37.2 Å². The summed E-state index contributed by atoms with van der Waals surface area (Å²) in [5.74, 6) is 0. The van der Waals surface area contributed by atoms with Crippen LogP contribution in [-0.2, 0) is 34.6 Å². The van der Waals surface area contributed by atoms with E-state index in [4.69, 9.17) is 0 Å². The molecule has 0 aliphatic carbocycles. The van der Waals surface area contributed by atoms with Gasteiger partial charge in [-0.25, -0.2) is 12.1 Å². The van der Waals surface area contributed by atoms with Crippen LogP contribution >= 0.6 is 0 Å². The zero-order valence-electron chi connectivity index (χ0n) is 19.2. The molecule has 0 spiro atoms. The van der Waals surface area contributed by atoms with Gasteiger partial charge in [0.1, 0.15) is 0 Å². The van der Waals surface area contributed by atoms with Crippen molar-refractivity contribution in [2.75, 3.05) is 0 Å². The van der Waals surface area contributed by atoms with Gasteiger partial charge in [-0.2, -0.15) is 17.3 Å². The number of halogens is 3. The van der Waals surface area contributed by atoms with Crippen molar-refractivity contribution < 1.29 is 58.9 Å². The number of hydrogen-bond acceptors (Lipinski definition) is 0. The van der Waals surface area contributed by atoms with E-state index in [9.17, 15) is 0 Å². The van der Waals surface area contributed by atoms with Crippen molar-refractivity contribution in [1.29, 1.82) is 0 Å². The maximum Gasteiger partial charge on any atom is 4.00 e. The predicted molar refractivity (Wildman–Crippen MR) is 121 cm³/mol. The molecular weight excluding hydrogens is 483 g/mol. The molecule has 0 atom stereocenters. The Bertz CT molecular complexity index is 612. The molecule has 0 aliphatic rings. The van der Waals surface area contributed by atoms with Gasteiger partial charge in [0, 0.05) is 0 Å². The van der Waals surface area contributed by atoms with E-state index in [0.717, 1.165) is 0 Å². The summed E-state index contributed by atoms with van der Waals surface area (Å²) < 4.78 is 0. The van der Waals surface area contributed by atoms with E-state index in [0.29, 0.717) is 0 Å². The molecule has 30 heavy (non-hydrogen) atoms. The maximum atomic E-state index is 2.54. The average molecular weight is 522 g/mol. The van der Waals surface area contributed by atoms with Crippen LogP contribution in [0, 0.1) is 0 Å². The molecular formula is C25H39Cl3SiTi. The van der Waals surface area contributed by atoms with Crippen LogP contribution in [0.25, 0.3) is 0 Å². The maximum absolute atomic E-state index is 2.54. The molecule has 0 amide bonds. The molecule has 0 radical (unpaired) electrons. The Morgan fingerprint density at radius 3 is 1.50 bits per heavy atom. The summed E-state index contributed by atoms with van der Waals surface area (Å²) in [4.78, 5) is 0. The first-order valence-corrected chi connectivity index (χ1v) is 13.9. The Morgan fingerprint density at radius 1 is 0.667 bits per heavy atom. The Morgan fingerprint density at radius 2 is 1.10 bits per heavy atom. The van der Waals surface area contributed by atoms with Gasteiger partial charge in [-0.3, -0.25) is 0 Å². The molecule has 0 bridgehead atoms. The first-order valence-electron chi connectivity index (χ1n) is 10.9. The smallest absolute Gasteiger partial charge is 1.00 e. The van der Waals surface area contributed by atoms with Crippen LogP contribution < -0.4 is 47.6 Å². The molecule has 0 saturated heterocycles. The van der Waals surface area contributed by atoms with Crippen LogP contribution in [-0.4, -0.2) is 8.07 Å². The molecule has 0 saturated carbocycles. The van der Waals surface area contributed by atoms with Gasteiger partial charge in [0.05, 0.1) is 8.07 Å². The Labute approximate surface area is 220 Å². The minimum atomic E-state index is -1.57. The largest absolute Gasteiger partial charge is 4.00 e. The van der Waals surface area contributed by atoms with Crippen molar-refractivity contribution in [3.8, 4) is 0 Å². The molecule has 2 rings (SSSR count). The van der Waals surface area contributed by atoms with Crippen LogP contribution in [0.5, 0.6) is 0 Å². The Hall–Kier alpha value is 0.371. The van der Waals surface area contributed by atoms with E-state index in [1.54, 1.807) is 21.5 Å². The fourth-order valence-electron chi connectivity index (χ4n) is 3.88. The normalized spacial score (nSPS) is 10.3. The second kappa shape index (κ2) is 18.9. The summed E-state index contributed by atoms with van der Waals surface area (Å²) in [6.07, 6.45) is 13.3. The summed E-state index contributed by atoms with van der Waals surface area (Å²) in [6.45, 7) is 9.62. The number of benzene rings is 1. The van der Waals surface area contributed by atoms with Crippen LogP contribution in [0.2, 0.25) is 13.1 Å². The number of rotatable bonds is 12. The Kier molecular flexibility index (Phi) is 22.0. The van der Waals surface area contributed by atoms with Crippen molar-refractivity contribution in [3.05, 3.63) is 53.6 Å². The first kappa shape index (κ1) is 35.0. The third-order valence-electron chi connectivity index (χ3n) is 5.80. The summed E-state index contributed by atoms with van der Waals surface area (Å²) in [6, 6.07) is 16.7. The van der Waals surface area contributed by atoms with Gasteiger partial charge in [-0.05, 0) is 36.8 Å². The SMILES string of the molecule is CCCCCCc1cc(CCCCCC)cc([Si](C)(C)[c-]2cccc2)c1.[Cl-].[Cl-].[Cl-].[Ti+4]. The fraction of sp³-hybridized carbons (Fsp3) is 0.560. The van der Waals surface area contributed by atoms with Crippen molar-refractivity contribution >= 4 is 18.4 Å². The molecule has 0 fully saturated rings. The summed E-state index contributed by atoms with van der Waals surface area (Å²) in [5.41, 5.74) is 3.16. The number of unbranched alkanes of at least 4 members (excludes halogenated alkanes) is 6. The van der Waals surface area contributed by atoms with Crippen LogP contribution in [0.1, 0.15) is 76.3 Å². The van der Waals surface area contributed by atoms with E-state index in [1.165, 1.54) is 64.2 Å². The van der Waals surface area contributed by atoms with Gasteiger partial charge in [0.15, 0.2) is 0 Å². The standard InChI is InChI=1S/C25H39Si.3ClH.Ti/c1-5-7-9-11-15-22-19-23(16-12-10-8-6-2)21-25(20-22)26(3,4)24-17-13-14-18-24;;;;/h13-14,17-21H,5-12,15-16H2,1-4H3;3*1H;/q-1;;;;+4/p-3. The molecule has 5 heteroatoms. The molecule has 0 N–H and O–H groups in total. The second-order valence-corrected chi connectivity index (χ2v) is 12.9. The van der Waals surface area contributed by atoms with Gasteiger partial charge in [0.2, 0.25) is 0 Å². The first-order chi connectivity index (χ1) is 12.6. The van der Waals surface area contributed by atoms with E-state index in [2.05, 4.69) is 69.4 Å². The van der Waals surface area contributed by atoms with E-state index in [-0.39, 0.29) is 58.9 Å². The van der Waals surface area contributed by atoms with E-state index < -0.39 is 8.07 Å². The van der Waals surface area contributed by atoms with Gasteiger partial charge in [-0.15, -0.1) is 0 Å². The van der Waals surface area contributed by atoms with E-state index in [1.807, 2.05) is 0 Å². The van der Waals surface area contributed by atoms with Crippen LogP contribution in [0.3, 0.4) is 0 Å². The summed E-state index contributed by atoms with van der Waals surface area (Å²) in [5, 5.41) is 3.19.